The smallest absolute Gasteiger partial charge is 0.328 e. The number of carbonyl (C=O) groups is 2. The number of benzene rings is 1. The highest BCUT2D eigenvalue weighted by Gasteiger charge is 2.24. The molecule has 2 heterocycles. The van der Waals surface area contributed by atoms with Crippen molar-refractivity contribution in [2.24, 2.45) is 0 Å². The van der Waals surface area contributed by atoms with Crippen LogP contribution in [0.25, 0.3) is 22.3 Å². The second kappa shape index (κ2) is 7.53. The first-order valence-corrected chi connectivity index (χ1v) is 8.45. The average Bonchev–Trinajstić information content (AvgIpc) is 3.09. The second-order valence-corrected chi connectivity index (χ2v) is 6.36. The number of rotatable bonds is 6. The molecule has 1 unspecified atom stereocenters. The summed E-state index contributed by atoms with van der Waals surface area (Å²) >= 11 is 0. The fourth-order valence-corrected chi connectivity index (χ4v) is 2.74. The zero-order valence-corrected chi connectivity index (χ0v) is 14.9. The fourth-order valence-electron chi connectivity index (χ4n) is 2.74. The number of carbonyl (C=O) groups excluding carboxylic acids is 1. The molecule has 1 aromatic carbocycles. The van der Waals surface area contributed by atoms with E-state index in [1.54, 1.807) is 10.7 Å². The number of amides is 1. The Morgan fingerprint density at radius 1 is 1.26 bits per heavy atom. The van der Waals surface area contributed by atoms with Gasteiger partial charge in [0.1, 0.15) is 6.67 Å². The van der Waals surface area contributed by atoms with Crippen LogP contribution in [-0.2, 0) is 4.79 Å². The third-order valence-electron chi connectivity index (χ3n) is 4.13. The van der Waals surface area contributed by atoms with E-state index in [0.29, 0.717) is 16.7 Å². The van der Waals surface area contributed by atoms with Gasteiger partial charge < -0.3 is 10.4 Å². The van der Waals surface area contributed by atoms with Crippen LogP contribution in [0.15, 0.2) is 42.6 Å². The lowest BCUT2D eigenvalue weighted by molar-refractivity contribution is -0.139. The van der Waals surface area contributed by atoms with Crippen LogP contribution in [0.3, 0.4) is 0 Å². The Balaban J connectivity index is 2.15. The lowest BCUT2D eigenvalue weighted by Crippen LogP contribution is -2.42. The Kier molecular flexibility index (Phi) is 5.16. The lowest BCUT2D eigenvalue weighted by Gasteiger charge is -2.13. The Morgan fingerprint density at radius 3 is 2.56 bits per heavy atom. The maximum atomic E-state index is 12.9. The lowest BCUT2D eigenvalue weighted by atomic mass is 10.1. The second-order valence-electron chi connectivity index (χ2n) is 6.36. The predicted molar refractivity (Wildman–Crippen MR) is 98.2 cm³/mol. The van der Waals surface area contributed by atoms with Gasteiger partial charge in [0.25, 0.3) is 5.91 Å². The zero-order valence-electron chi connectivity index (χ0n) is 14.9. The predicted octanol–water partition coefficient (Wildman–Crippen LogP) is 2.83. The number of aliphatic carboxylic acids is 1. The van der Waals surface area contributed by atoms with Crippen LogP contribution in [0.4, 0.5) is 4.39 Å². The summed E-state index contributed by atoms with van der Waals surface area (Å²) in [6.07, 6.45) is 1.51. The number of nitrogens with one attached hydrogen (secondary N) is 1. The van der Waals surface area contributed by atoms with E-state index in [-0.39, 0.29) is 11.6 Å². The topological polar surface area (TPSA) is 97.1 Å². The van der Waals surface area contributed by atoms with E-state index >= 15 is 0 Å². The van der Waals surface area contributed by atoms with Crippen LogP contribution in [-0.4, -0.2) is 44.5 Å². The highest BCUT2D eigenvalue weighted by molar-refractivity contribution is 6.07. The summed E-state index contributed by atoms with van der Waals surface area (Å²) in [5.41, 5.74) is 2.04. The minimum atomic E-state index is -1.61. The number of aromatic nitrogens is 3. The molecule has 3 aromatic rings. The molecule has 0 fully saturated rings. The van der Waals surface area contributed by atoms with Crippen molar-refractivity contribution in [1.29, 1.82) is 0 Å². The Bertz CT molecular complexity index is 985. The summed E-state index contributed by atoms with van der Waals surface area (Å²) in [4.78, 5) is 28.4. The SMILES string of the molecule is CC(C)n1ncc2c(C(=O)NC(CF)C(=O)O)cc(-c3ccccc3)nc21. The highest BCUT2D eigenvalue weighted by atomic mass is 19.1. The van der Waals surface area contributed by atoms with Gasteiger partial charge in [-0.15, -0.1) is 0 Å². The maximum Gasteiger partial charge on any atom is 0.328 e. The van der Waals surface area contributed by atoms with E-state index in [1.807, 2.05) is 44.2 Å². The third-order valence-corrected chi connectivity index (χ3v) is 4.13. The monoisotopic (exact) mass is 370 g/mol. The van der Waals surface area contributed by atoms with Gasteiger partial charge in [-0.05, 0) is 19.9 Å². The van der Waals surface area contributed by atoms with Crippen molar-refractivity contribution in [3.8, 4) is 11.3 Å². The molecule has 0 bridgehead atoms. The largest absolute Gasteiger partial charge is 0.480 e. The molecule has 0 aliphatic heterocycles. The molecule has 27 heavy (non-hydrogen) atoms. The van der Waals surface area contributed by atoms with Crippen molar-refractivity contribution in [3.63, 3.8) is 0 Å². The number of nitrogens with zero attached hydrogens (tertiary/aromatic N) is 3. The Hall–Kier alpha value is -3.29. The van der Waals surface area contributed by atoms with E-state index in [9.17, 15) is 14.0 Å². The van der Waals surface area contributed by atoms with Crippen LogP contribution >= 0.6 is 0 Å². The molecule has 0 radical (unpaired) electrons. The van der Waals surface area contributed by atoms with E-state index in [1.165, 1.54) is 6.20 Å². The van der Waals surface area contributed by atoms with E-state index in [2.05, 4.69) is 15.4 Å². The average molecular weight is 370 g/mol. The minimum Gasteiger partial charge on any atom is -0.480 e. The molecule has 0 spiro atoms. The molecular weight excluding hydrogens is 351 g/mol. The zero-order chi connectivity index (χ0) is 19.6. The van der Waals surface area contributed by atoms with Gasteiger partial charge in [-0.25, -0.2) is 18.9 Å². The minimum absolute atomic E-state index is 0.00884. The van der Waals surface area contributed by atoms with Crippen molar-refractivity contribution < 1.29 is 19.1 Å². The number of hydrogen-bond donors (Lipinski definition) is 2. The number of pyridine rings is 1. The van der Waals surface area contributed by atoms with Gasteiger partial charge in [0.15, 0.2) is 11.7 Å². The first kappa shape index (κ1) is 18.5. The van der Waals surface area contributed by atoms with Crippen LogP contribution in [0.1, 0.15) is 30.2 Å². The summed E-state index contributed by atoms with van der Waals surface area (Å²) in [6.45, 7) is 2.67. The Labute approximate surface area is 154 Å². The first-order chi connectivity index (χ1) is 12.9. The molecule has 0 aliphatic carbocycles. The molecule has 1 amide bonds. The molecular formula is C19H19FN4O3. The van der Waals surface area contributed by atoms with Gasteiger partial charge in [-0.2, -0.15) is 5.10 Å². The van der Waals surface area contributed by atoms with Crippen molar-refractivity contribution in [2.45, 2.75) is 25.9 Å². The van der Waals surface area contributed by atoms with Crippen LogP contribution < -0.4 is 5.32 Å². The van der Waals surface area contributed by atoms with Gasteiger partial charge >= 0.3 is 5.97 Å². The molecule has 2 aromatic heterocycles. The molecule has 0 aliphatic rings. The summed E-state index contributed by atoms with van der Waals surface area (Å²) in [5.74, 6) is -2.12. The number of carboxylic acids is 1. The normalized spacial score (nSPS) is 12.3. The van der Waals surface area contributed by atoms with Gasteiger partial charge in [-0.1, -0.05) is 30.3 Å². The number of hydrogen-bond acceptors (Lipinski definition) is 4. The van der Waals surface area contributed by atoms with Crippen LogP contribution in [0, 0.1) is 0 Å². The number of alkyl halides is 1. The maximum absolute atomic E-state index is 12.9. The number of halogens is 1. The van der Waals surface area contributed by atoms with Gasteiger partial charge in [0.05, 0.1) is 22.8 Å². The van der Waals surface area contributed by atoms with Gasteiger partial charge in [0, 0.05) is 11.6 Å². The third kappa shape index (κ3) is 3.64. The summed E-state index contributed by atoms with van der Waals surface area (Å²) in [5, 5.41) is 16.0. The van der Waals surface area contributed by atoms with Crippen LogP contribution in [0.2, 0.25) is 0 Å². The van der Waals surface area contributed by atoms with Crippen LogP contribution in [0.5, 0.6) is 0 Å². The van der Waals surface area contributed by atoms with Gasteiger partial charge in [0.2, 0.25) is 0 Å². The fraction of sp³-hybridized carbons (Fsp3) is 0.263. The Morgan fingerprint density at radius 2 is 1.96 bits per heavy atom. The molecule has 0 saturated carbocycles. The van der Waals surface area contributed by atoms with Crippen molar-refractivity contribution in [3.05, 3.63) is 48.2 Å². The molecule has 0 saturated heterocycles. The molecule has 140 valence electrons. The summed E-state index contributed by atoms with van der Waals surface area (Å²) < 4.78 is 14.6. The molecule has 1 atom stereocenters. The summed E-state index contributed by atoms with van der Waals surface area (Å²) in [6, 6.07) is 9.24. The van der Waals surface area contributed by atoms with Gasteiger partial charge in [-0.3, -0.25) is 4.79 Å². The molecule has 8 heteroatoms. The van der Waals surface area contributed by atoms with Crippen molar-refractivity contribution in [2.75, 3.05) is 6.67 Å². The highest BCUT2D eigenvalue weighted by Crippen LogP contribution is 2.26. The summed E-state index contributed by atoms with van der Waals surface area (Å²) in [7, 11) is 0. The van der Waals surface area contributed by atoms with Crippen molar-refractivity contribution >= 4 is 22.9 Å². The number of carboxylic acid groups (broad SMARTS) is 1. The van der Waals surface area contributed by atoms with E-state index in [4.69, 9.17) is 5.11 Å². The number of fused-ring (bicyclic) bond motifs is 1. The molecule has 2 N–H and O–H groups in total. The first-order valence-electron chi connectivity index (χ1n) is 8.45. The van der Waals surface area contributed by atoms with E-state index < -0.39 is 24.6 Å². The van der Waals surface area contributed by atoms with Crippen molar-refractivity contribution in [1.82, 2.24) is 20.1 Å². The molecule has 3 rings (SSSR count). The molecule has 7 nitrogen and oxygen atoms in total. The quantitative estimate of drug-likeness (QED) is 0.695. The standard InChI is InChI=1S/C19H19FN4O3/c1-11(2)24-17-14(10-21-24)13(18(25)23-16(9-20)19(26)27)8-15(22-17)12-6-4-3-5-7-12/h3-8,10-11,16H,9H2,1-2H3,(H,23,25)(H,26,27). The van der Waals surface area contributed by atoms with E-state index in [0.717, 1.165) is 5.56 Å².